The molecule has 0 saturated heterocycles. The van der Waals surface area contributed by atoms with Crippen molar-refractivity contribution in [1.82, 2.24) is 4.57 Å². The van der Waals surface area contributed by atoms with Crippen molar-refractivity contribution < 1.29 is 23.9 Å². The van der Waals surface area contributed by atoms with E-state index in [0.29, 0.717) is 39.5 Å². The SMILES string of the molecule is C=CCOC(=O)C1=C(C)N=c2s/c(=C3\C(=O)N(CCCC)c4ccccc43)c(=O)n2[C@H]1c1ccc(OC(C)=O)cc1. The fraction of sp³-hybridized carbons (Fsp3) is 0.258. The van der Waals surface area contributed by atoms with Crippen molar-refractivity contribution >= 4 is 40.4 Å². The maximum absolute atomic E-state index is 14.2. The molecule has 5 rings (SSSR count). The predicted molar refractivity (Wildman–Crippen MR) is 155 cm³/mol. The van der Waals surface area contributed by atoms with Crippen LogP contribution in [0.5, 0.6) is 5.75 Å². The minimum absolute atomic E-state index is 0.0127. The molecule has 1 atom stereocenters. The van der Waals surface area contributed by atoms with Gasteiger partial charge in [0, 0.05) is 19.0 Å². The second kappa shape index (κ2) is 11.5. The summed E-state index contributed by atoms with van der Waals surface area (Å²) in [4.78, 5) is 59.4. The van der Waals surface area contributed by atoms with Crippen molar-refractivity contribution in [3.05, 3.63) is 103 Å². The standard InChI is InChI=1S/C31H29N3O6S/c1-5-7-16-33-23-11-9-8-10-22(23)25(28(33)36)27-29(37)34-26(20-12-14-21(15-13-20)40-19(4)35)24(30(38)39-17-6-2)18(3)32-31(34)41-27/h6,8-15,26H,2,5,7,16-17H2,1,3-4H3/b27-25-/t26-/m0/s1. The van der Waals surface area contributed by atoms with Gasteiger partial charge in [0.1, 0.15) is 16.9 Å². The lowest BCUT2D eigenvalue weighted by Crippen LogP contribution is -2.41. The lowest BCUT2D eigenvalue weighted by molar-refractivity contribution is -0.138. The largest absolute Gasteiger partial charge is 0.458 e. The molecule has 3 heterocycles. The highest BCUT2D eigenvalue weighted by Crippen LogP contribution is 2.36. The Morgan fingerprint density at radius 2 is 1.85 bits per heavy atom. The van der Waals surface area contributed by atoms with E-state index in [2.05, 4.69) is 18.5 Å². The van der Waals surface area contributed by atoms with Crippen molar-refractivity contribution in [2.75, 3.05) is 18.1 Å². The minimum atomic E-state index is -0.882. The molecule has 1 aromatic heterocycles. The lowest BCUT2D eigenvalue weighted by Gasteiger charge is -2.24. The molecule has 2 aliphatic rings. The summed E-state index contributed by atoms with van der Waals surface area (Å²) in [6.45, 7) is 9.19. The van der Waals surface area contributed by atoms with Crippen LogP contribution in [0.3, 0.4) is 0 Å². The van der Waals surface area contributed by atoms with Gasteiger partial charge in [-0.1, -0.05) is 67.7 Å². The first-order valence-electron chi connectivity index (χ1n) is 13.3. The van der Waals surface area contributed by atoms with Gasteiger partial charge < -0.3 is 14.4 Å². The number of aromatic nitrogens is 1. The number of carbonyl (C=O) groups is 3. The summed E-state index contributed by atoms with van der Waals surface area (Å²) < 4.78 is 12.3. The zero-order valence-corrected chi connectivity index (χ0v) is 23.8. The summed E-state index contributed by atoms with van der Waals surface area (Å²) in [6, 6.07) is 13.1. The Morgan fingerprint density at radius 1 is 1.12 bits per heavy atom. The number of esters is 2. The Balaban J connectivity index is 1.73. The normalized spacial score (nSPS) is 17.1. The second-order valence-electron chi connectivity index (χ2n) is 9.65. The molecule has 2 aromatic carbocycles. The molecule has 0 N–H and O–H groups in total. The number of fused-ring (bicyclic) bond motifs is 2. The van der Waals surface area contributed by atoms with Crippen LogP contribution in [0.1, 0.15) is 50.8 Å². The van der Waals surface area contributed by atoms with E-state index in [9.17, 15) is 19.2 Å². The van der Waals surface area contributed by atoms with Crippen LogP contribution in [-0.2, 0) is 19.1 Å². The number of thiazole rings is 1. The van der Waals surface area contributed by atoms with Gasteiger partial charge in [0.05, 0.1) is 28.6 Å². The highest BCUT2D eigenvalue weighted by Gasteiger charge is 2.37. The van der Waals surface area contributed by atoms with Gasteiger partial charge >= 0.3 is 11.9 Å². The van der Waals surface area contributed by atoms with E-state index in [1.807, 2.05) is 24.3 Å². The van der Waals surface area contributed by atoms with Gasteiger partial charge in [0.25, 0.3) is 11.5 Å². The van der Waals surface area contributed by atoms with Crippen molar-refractivity contribution in [2.24, 2.45) is 4.99 Å². The molecule has 3 aromatic rings. The van der Waals surface area contributed by atoms with Gasteiger partial charge in [0.2, 0.25) is 0 Å². The summed E-state index contributed by atoms with van der Waals surface area (Å²) in [5.41, 5.74) is 2.55. The molecule has 0 fully saturated rings. The Kier molecular flexibility index (Phi) is 7.85. The first-order valence-corrected chi connectivity index (χ1v) is 14.1. The molecule has 0 saturated carbocycles. The molecule has 210 valence electrons. The molecule has 9 nitrogen and oxygen atoms in total. The van der Waals surface area contributed by atoms with Crippen molar-refractivity contribution in [1.29, 1.82) is 0 Å². The maximum atomic E-state index is 14.2. The molecule has 0 spiro atoms. The Morgan fingerprint density at radius 3 is 2.54 bits per heavy atom. The monoisotopic (exact) mass is 571 g/mol. The Labute approximate surface area is 240 Å². The van der Waals surface area contributed by atoms with E-state index in [0.717, 1.165) is 29.9 Å². The van der Waals surface area contributed by atoms with E-state index >= 15 is 0 Å². The number of para-hydroxylation sites is 1. The maximum Gasteiger partial charge on any atom is 0.338 e. The van der Waals surface area contributed by atoms with E-state index < -0.39 is 23.5 Å². The van der Waals surface area contributed by atoms with E-state index in [1.54, 1.807) is 36.1 Å². The van der Waals surface area contributed by atoms with E-state index in [-0.39, 0.29) is 22.6 Å². The van der Waals surface area contributed by atoms with Crippen molar-refractivity contribution in [3.8, 4) is 5.75 Å². The first-order chi connectivity index (χ1) is 19.8. The fourth-order valence-electron chi connectivity index (χ4n) is 5.08. The molecule has 0 bridgehead atoms. The third-order valence-corrected chi connectivity index (χ3v) is 7.95. The fourth-order valence-corrected chi connectivity index (χ4v) is 6.22. The molecule has 0 radical (unpaired) electrons. The summed E-state index contributed by atoms with van der Waals surface area (Å²) in [5.74, 6) is -1.00. The van der Waals surface area contributed by atoms with Crippen molar-refractivity contribution in [2.45, 2.75) is 39.7 Å². The van der Waals surface area contributed by atoms with E-state index in [1.165, 1.54) is 17.6 Å². The van der Waals surface area contributed by atoms with Gasteiger partial charge in [0.15, 0.2) is 4.80 Å². The number of hydrogen-bond donors (Lipinski definition) is 0. The van der Waals surface area contributed by atoms with Gasteiger partial charge in [-0.15, -0.1) is 0 Å². The first kappa shape index (κ1) is 28.0. The summed E-state index contributed by atoms with van der Waals surface area (Å²) >= 11 is 1.13. The van der Waals surface area contributed by atoms with E-state index in [4.69, 9.17) is 9.47 Å². The molecule has 2 aliphatic heterocycles. The minimum Gasteiger partial charge on any atom is -0.458 e. The highest BCUT2D eigenvalue weighted by molar-refractivity contribution is 7.07. The summed E-state index contributed by atoms with van der Waals surface area (Å²) in [5, 5.41) is 0. The number of nitrogens with zero attached hydrogens (tertiary/aromatic N) is 3. The van der Waals surface area contributed by atoms with Crippen LogP contribution >= 0.6 is 11.3 Å². The third kappa shape index (κ3) is 5.06. The number of rotatable bonds is 8. The number of benzene rings is 2. The van der Waals surface area contributed by atoms with Crippen LogP contribution in [0.25, 0.3) is 5.57 Å². The molecule has 10 heteroatoms. The summed E-state index contributed by atoms with van der Waals surface area (Å²) in [7, 11) is 0. The van der Waals surface area contributed by atoms with Gasteiger partial charge in [-0.05, 0) is 37.1 Å². The Hall–Kier alpha value is -4.57. The molecule has 1 amide bonds. The number of amides is 1. The number of carbonyl (C=O) groups excluding carboxylic acids is 3. The number of hydrogen-bond acceptors (Lipinski definition) is 8. The van der Waals surface area contributed by atoms with Crippen molar-refractivity contribution in [3.63, 3.8) is 0 Å². The van der Waals surface area contributed by atoms with Crippen LogP contribution < -0.4 is 24.5 Å². The second-order valence-corrected chi connectivity index (χ2v) is 10.6. The van der Waals surface area contributed by atoms with Crippen LogP contribution in [0.4, 0.5) is 5.69 Å². The molecular formula is C31H29N3O6S. The predicted octanol–water partition coefficient (Wildman–Crippen LogP) is 3.41. The zero-order chi connectivity index (χ0) is 29.3. The van der Waals surface area contributed by atoms with Crippen LogP contribution in [-0.4, -0.2) is 35.6 Å². The third-order valence-electron chi connectivity index (χ3n) is 6.89. The average Bonchev–Trinajstić information content (AvgIpc) is 3.41. The molecule has 41 heavy (non-hydrogen) atoms. The summed E-state index contributed by atoms with van der Waals surface area (Å²) in [6.07, 6.45) is 3.21. The highest BCUT2D eigenvalue weighted by atomic mass is 32.1. The molecular weight excluding hydrogens is 542 g/mol. The Bertz CT molecular complexity index is 1780. The topological polar surface area (TPSA) is 107 Å². The van der Waals surface area contributed by atoms with Gasteiger partial charge in [-0.2, -0.15) is 0 Å². The quantitative estimate of drug-likeness (QED) is 0.233. The van der Waals surface area contributed by atoms with Crippen LogP contribution in [0.15, 0.2) is 82.2 Å². The average molecular weight is 572 g/mol. The zero-order valence-electron chi connectivity index (χ0n) is 23.0. The molecule has 0 unspecified atom stereocenters. The van der Waals surface area contributed by atoms with Gasteiger partial charge in [-0.25, -0.2) is 9.79 Å². The number of anilines is 1. The number of allylic oxidation sites excluding steroid dienone is 1. The number of ether oxygens (including phenoxy) is 2. The van der Waals surface area contributed by atoms with Crippen LogP contribution in [0, 0.1) is 0 Å². The van der Waals surface area contributed by atoms with Crippen LogP contribution in [0.2, 0.25) is 0 Å². The smallest absolute Gasteiger partial charge is 0.338 e. The number of unbranched alkanes of at least 4 members (excludes halogenated alkanes) is 1. The van der Waals surface area contributed by atoms with Gasteiger partial charge in [-0.3, -0.25) is 19.0 Å². The molecule has 0 aliphatic carbocycles. The lowest BCUT2D eigenvalue weighted by atomic mass is 9.96.